The van der Waals surface area contributed by atoms with Gasteiger partial charge in [0, 0.05) is 12.1 Å². The summed E-state index contributed by atoms with van der Waals surface area (Å²) in [6.07, 6.45) is 3.19. The molecule has 228 valence electrons. The number of primary amides is 1. The molecule has 1 aromatic rings. The molecule has 1 aromatic carbocycles. The maximum atomic E-state index is 14.4. The van der Waals surface area contributed by atoms with E-state index in [-0.39, 0.29) is 18.4 Å². The Hall–Kier alpha value is -3.43. The van der Waals surface area contributed by atoms with Crippen molar-refractivity contribution >= 4 is 29.5 Å². The van der Waals surface area contributed by atoms with Crippen LogP contribution in [-0.4, -0.2) is 58.1 Å². The molecule has 1 fully saturated rings. The van der Waals surface area contributed by atoms with Gasteiger partial charge in [0.15, 0.2) is 0 Å². The quantitative estimate of drug-likeness (QED) is 0.284. The Morgan fingerprint density at radius 2 is 1.54 bits per heavy atom. The second-order valence-electron chi connectivity index (χ2n) is 13.6. The zero-order valence-corrected chi connectivity index (χ0v) is 25.9. The van der Waals surface area contributed by atoms with Crippen molar-refractivity contribution in [2.75, 3.05) is 0 Å². The minimum Gasteiger partial charge on any atom is -0.363 e. The normalized spacial score (nSPS) is 16.1. The Balaban J connectivity index is 2.49. The van der Waals surface area contributed by atoms with Crippen LogP contribution in [0.4, 0.5) is 4.79 Å². The average molecular weight is 572 g/mol. The first-order valence-electron chi connectivity index (χ1n) is 14.5. The molecule has 0 bridgehead atoms. The molecule has 0 radical (unpaired) electrons. The molecule has 10 nitrogen and oxygen atoms in total. The zero-order valence-electron chi connectivity index (χ0n) is 25.9. The molecule has 0 heterocycles. The number of amides is 5. The number of rotatable bonds is 12. The highest BCUT2D eigenvalue weighted by Gasteiger charge is 2.42. The van der Waals surface area contributed by atoms with Crippen molar-refractivity contribution in [2.45, 2.75) is 111 Å². The van der Waals surface area contributed by atoms with Gasteiger partial charge in [0.1, 0.15) is 12.1 Å². The topological polar surface area (TPSA) is 151 Å². The molecule has 2 rings (SSSR count). The molecule has 0 saturated heterocycles. The lowest BCUT2D eigenvalue weighted by Crippen LogP contribution is -2.63. The van der Waals surface area contributed by atoms with Gasteiger partial charge >= 0.3 is 6.03 Å². The largest absolute Gasteiger partial charge is 0.363 e. The van der Waals surface area contributed by atoms with E-state index in [0.29, 0.717) is 6.42 Å². The fraction of sp³-hybridized carbons (Fsp3) is 0.645. The van der Waals surface area contributed by atoms with E-state index in [0.717, 1.165) is 24.8 Å². The highest BCUT2D eigenvalue weighted by Crippen LogP contribution is 2.31. The van der Waals surface area contributed by atoms with Crippen LogP contribution in [-0.2, 0) is 25.7 Å². The fourth-order valence-electron chi connectivity index (χ4n) is 4.94. The van der Waals surface area contributed by atoms with Crippen molar-refractivity contribution in [1.82, 2.24) is 20.9 Å². The van der Waals surface area contributed by atoms with Gasteiger partial charge in [-0.15, -0.1) is 0 Å². The van der Waals surface area contributed by atoms with Crippen molar-refractivity contribution < 1.29 is 24.0 Å². The Morgan fingerprint density at radius 1 is 0.951 bits per heavy atom. The summed E-state index contributed by atoms with van der Waals surface area (Å²) in [5.74, 6) is -3.07. The van der Waals surface area contributed by atoms with Crippen LogP contribution in [0.2, 0.25) is 0 Å². The van der Waals surface area contributed by atoms with Crippen LogP contribution in [0.3, 0.4) is 0 Å². The molecule has 1 aliphatic rings. The maximum absolute atomic E-state index is 14.4. The van der Waals surface area contributed by atoms with Crippen molar-refractivity contribution in [3.8, 4) is 0 Å². The van der Waals surface area contributed by atoms with Gasteiger partial charge in [0.2, 0.25) is 17.6 Å². The number of carbonyl (C=O) groups excluding carboxylic acids is 5. The van der Waals surface area contributed by atoms with Crippen LogP contribution >= 0.6 is 0 Å². The lowest BCUT2D eigenvalue weighted by atomic mass is 9.80. The number of nitrogens with one attached hydrogen (secondary N) is 3. The molecule has 41 heavy (non-hydrogen) atoms. The summed E-state index contributed by atoms with van der Waals surface area (Å²) in [5.41, 5.74) is 4.89. The molecular weight excluding hydrogens is 522 g/mol. The van der Waals surface area contributed by atoms with Gasteiger partial charge in [-0.2, -0.15) is 0 Å². The first-order chi connectivity index (χ1) is 18.9. The van der Waals surface area contributed by atoms with Crippen LogP contribution in [0.5, 0.6) is 0 Å². The molecule has 5 N–H and O–H groups in total. The van der Waals surface area contributed by atoms with Crippen molar-refractivity contribution in [2.24, 2.45) is 23.0 Å². The van der Waals surface area contributed by atoms with Crippen LogP contribution in [0.1, 0.15) is 86.6 Å². The van der Waals surface area contributed by atoms with Crippen LogP contribution in [0, 0.1) is 17.3 Å². The molecule has 1 unspecified atom stereocenters. The lowest BCUT2D eigenvalue weighted by Gasteiger charge is -2.40. The van der Waals surface area contributed by atoms with E-state index in [9.17, 15) is 24.0 Å². The Labute approximate surface area is 244 Å². The van der Waals surface area contributed by atoms with E-state index in [1.54, 1.807) is 0 Å². The molecule has 3 atom stereocenters. The Bertz CT molecular complexity index is 1090. The Kier molecular flexibility index (Phi) is 11.5. The van der Waals surface area contributed by atoms with Gasteiger partial charge < -0.3 is 26.6 Å². The van der Waals surface area contributed by atoms with E-state index in [2.05, 4.69) is 16.0 Å². The van der Waals surface area contributed by atoms with E-state index in [4.69, 9.17) is 5.73 Å². The molecule has 0 aromatic heterocycles. The molecule has 1 aliphatic carbocycles. The van der Waals surface area contributed by atoms with Gasteiger partial charge in [-0.1, -0.05) is 84.2 Å². The number of nitrogens with zero attached hydrogens (tertiary/aromatic N) is 1. The Morgan fingerprint density at radius 3 is 1.98 bits per heavy atom. The first-order valence-corrected chi connectivity index (χ1v) is 14.5. The zero-order chi connectivity index (χ0) is 31.1. The van der Waals surface area contributed by atoms with Crippen LogP contribution in [0.15, 0.2) is 30.3 Å². The van der Waals surface area contributed by atoms with E-state index in [1.165, 1.54) is 4.90 Å². The third-order valence-electron chi connectivity index (χ3n) is 7.26. The number of hydrogen-bond acceptors (Lipinski definition) is 5. The van der Waals surface area contributed by atoms with Gasteiger partial charge in [-0.3, -0.25) is 19.2 Å². The van der Waals surface area contributed by atoms with Gasteiger partial charge in [0.25, 0.3) is 5.91 Å². The molecule has 0 spiro atoms. The third kappa shape index (κ3) is 10.2. The van der Waals surface area contributed by atoms with Gasteiger partial charge in [0.05, 0.1) is 6.04 Å². The number of urea groups is 1. The summed E-state index contributed by atoms with van der Waals surface area (Å²) in [6, 6.07) is 5.74. The highest BCUT2D eigenvalue weighted by molar-refractivity contribution is 6.37. The van der Waals surface area contributed by atoms with Crippen LogP contribution < -0.4 is 21.7 Å². The van der Waals surface area contributed by atoms with Gasteiger partial charge in [-0.05, 0) is 50.0 Å². The molecular formula is C31H49N5O5. The minimum atomic E-state index is -1.10. The predicted octanol–water partition coefficient (Wildman–Crippen LogP) is 3.28. The van der Waals surface area contributed by atoms with E-state index >= 15 is 0 Å². The monoisotopic (exact) mass is 571 g/mol. The SMILES string of the molecule is CC(C)[C@@H](C(=O)NC(CC1CCC1)C(=O)C(N)=O)N(Cc1ccccc1)C(=O)[C@@H](NC(=O)NC(C)(C)C)C(C)(C)C. The highest BCUT2D eigenvalue weighted by atomic mass is 16.2. The van der Waals surface area contributed by atoms with Crippen molar-refractivity contribution in [1.29, 1.82) is 0 Å². The third-order valence-corrected chi connectivity index (χ3v) is 7.26. The summed E-state index contributed by atoms with van der Waals surface area (Å²) in [5, 5.41) is 8.44. The van der Waals surface area contributed by atoms with Crippen molar-refractivity contribution in [3.63, 3.8) is 0 Å². The average Bonchev–Trinajstić information content (AvgIpc) is 2.81. The predicted molar refractivity (Wildman–Crippen MR) is 158 cm³/mol. The minimum absolute atomic E-state index is 0.0994. The lowest BCUT2D eigenvalue weighted by molar-refractivity contribution is -0.147. The van der Waals surface area contributed by atoms with Crippen LogP contribution in [0.25, 0.3) is 0 Å². The fourth-order valence-corrected chi connectivity index (χ4v) is 4.94. The molecule has 0 aliphatic heterocycles. The number of Topliss-reactive ketones (excluding diaryl/α,β-unsaturated/α-hetero) is 1. The van der Waals surface area contributed by atoms with Gasteiger partial charge in [-0.25, -0.2) is 4.79 Å². The van der Waals surface area contributed by atoms with E-state index < -0.39 is 58.6 Å². The standard InChI is InChI=1S/C31H49N5O5/c1-19(2)23(27(39)33-22(24(37)26(32)38)17-20-15-12-16-20)36(18-21-13-10-9-11-14-21)28(40)25(30(3,4)5)34-29(41)35-31(6,7)8/h9-11,13-14,19-20,22-23,25H,12,15-18H2,1-8H3,(H2,32,38)(H,33,39)(H2,34,35,41)/t22?,23-,25+/m0/s1. The summed E-state index contributed by atoms with van der Waals surface area (Å²) < 4.78 is 0. The molecule has 5 amide bonds. The number of ketones is 1. The number of carbonyl (C=O) groups is 5. The smallest absolute Gasteiger partial charge is 0.315 e. The number of nitrogens with two attached hydrogens (primary N) is 1. The van der Waals surface area contributed by atoms with Crippen molar-refractivity contribution in [3.05, 3.63) is 35.9 Å². The summed E-state index contributed by atoms with van der Waals surface area (Å²) in [4.78, 5) is 67.2. The number of hydrogen-bond donors (Lipinski definition) is 4. The molecule has 1 saturated carbocycles. The molecule has 10 heteroatoms. The van der Waals surface area contributed by atoms with E-state index in [1.807, 2.05) is 85.7 Å². The summed E-state index contributed by atoms with van der Waals surface area (Å²) in [6.45, 7) is 14.8. The maximum Gasteiger partial charge on any atom is 0.315 e. The second kappa shape index (κ2) is 14.0. The number of benzene rings is 1. The second-order valence-corrected chi connectivity index (χ2v) is 13.6. The summed E-state index contributed by atoms with van der Waals surface area (Å²) >= 11 is 0. The first kappa shape index (κ1) is 33.8. The summed E-state index contributed by atoms with van der Waals surface area (Å²) in [7, 11) is 0.